The van der Waals surface area contributed by atoms with Crippen molar-refractivity contribution >= 4 is 17.5 Å². The van der Waals surface area contributed by atoms with Crippen LogP contribution < -0.4 is 5.32 Å². The van der Waals surface area contributed by atoms with Crippen LogP contribution in [0.3, 0.4) is 0 Å². The van der Waals surface area contributed by atoms with Gasteiger partial charge in [0, 0.05) is 23.6 Å². The van der Waals surface area contributed by atoms with Crippen LogP contribution in [-0.4, -0.2) is 5.91 Å². The van der Waals surface area contributed by atoms with Gasteiger partial charge in [0.15, 0.2) is 0 Å². The van der Waals surface area contributed by atoms with E-state index in [1.807, 2.05) is 18.2 Å². The molecule has 0 radical (unpaired) electrons. The van der Waals surface area contributed by atoms with Crippen LogP contribution >= 0.6 is 11.6 Å². The number of carbonyl (C=O) groups excluding carboxylic acids is 1. The highest BCUT2D eigenvalue weighted by atomic mass is 35.5. The third kappa shape index (κ3) is 4.35. The molecule has 0 heterocycles. The molecular weight excluding hydrogens is 277 g/mol. The van der Waals surface area contributed by atoms with Gasteiger partial charge in [0.05, 0.1) is 0 Å². The molecule has 0 atom stereocenters. The summed E-state index contributed by atoms with van der Waals surface area (Å²) in [5, 5.41) is 3.37. The van der Waals surface area contributed by atoms with Crippen LogP contribution in [0.15, 0.2) is 48.5 Å². The van der Waals surface area contributed by atoms with Crippen molar-refractivity contribution in [3.8, 4) is 0 Å². The third-order valence-electron chi connectivity index (χ3n) is 2.96. The van der Waals surface area contributed by atoms with Gasteiger partial charge in [-0.15, -0.1) is 0 Å². The zero-order valence-corrected chi connectivity index (χ0v) is 11.7. The first kappa shape index (κ1) is 14.5. The van der Waals surface area contributed by atoms with Gasteiger partial charge < -0.3 is 5.32 Å². The molecule has 0 spiro atoms. The molecule has 2 nitrogen and oxygen atoms in total. The first-order valence-electron chi connectivity index (χ1n) is 6.40. The lowest BCUT2D eigenvalue weighted by Crippen LogP contribution is -2.23. The fourth-order valence-electron chi connectivity index (χ4n) is 1.87. The van der Waals surface area contributed by atoms with E-state index < -0.39 is 0 Å². The Hall–Kier alpha value is -1.87. The first-order valence-corrected chi connectivity index (χ1v) is 6.77. The van der Waals surface area contributed by atoms with Crippen LogP contribution in [-0.2, 0) is 17.8 Å². The van der Waals surface area contributed by atoms with Crippen molar-refractivity contribution in [3.05, 3.63) is 70.5 Å². The monoisotopic (exact) mass is 291 g/mol. The smallest absolute Gasteiger partial charge is 0.220 e. The molecule has 0 aliphatic heterocycles. The molecule has 0 fully saturated rings. The topological polar surface area (TPSA) is 29.1 Å². The van der Waals surface area contributed by atoms with Gasteiger partial charge >= 0.3 is 0 Å². The van der Waals surface area contributed by atoms with E-state index in [9.17, 15) is 9.18 Å². The highest BCUT2D eigenvalue weighted by Gasteiger charge is 2.05. The Bertz CT molecular complexity index is 601. The fraction of sp³-hybridized carbons (Fsp3) is 0.188. The molecule has 0 saturated heterocycles. The van der Waals surface area contributed by atoms with Crippen molar-refractivity contribution in [2.45, 2.75) is 19.4 Å². The number of amides is 1. The van der Waals surface area contributed by atoms with Crippen LogP contribution in [0.5, 0.6) is 0 Å². The van der Waals surface area contributed by atoms with Crippen molar-refractivity contribution in [3.63, 3.8) is 0 Å². The summed E-state index contributed by atoms with van der Waals surface area (Å²) in [4.78, 5) is 11.7. The molecule has 20 heavy (non-hydrogen) atoms. The van der Waals surface area contributed by atoms with Crippen LogP contribution in [0.4, 0.5) is 4.39 Å². The van der Waals surface area contributed by atoms with E-state index in [1.165, 1.54) is 6.07 Å². The Kier molecular flexibility index (Phi) is 5.13. The summed E-state index contributed by atoms with van der Waals surface area (Å²) in [6.07, 6.45) is 0.971. The lowest BCUT2D eigenvalue weighted by atomic mass is 10.1. The summed E-state index contributed by atoms with van der Waals surface area (Å²) in [6.45, 7) is 0.209. The lowest BCUT2D eigenvalue weighted by Gasteiger charge is -2.06. The highest BCUT2D eigenvalue weighted by molar-refractivity contribution is 6.30. The van der Waals surface area contributed by atoms with Crippen LogP contribution in [0.2, 0.25) is 5.02 Å². The summed E-state index contributed by atoms with van der Waals surface area (Å²) in [6, 6.07) is 13.8. The van der Waals surface area contributed by atoms with E-state index in [1.54, 1.807) is 24.3 Å². The maximum atomic E-state index is 13.4. The molecule has 2 aromatic rings. The number of nitrogens with one attached hydrogen (secondary N) is 1. The maximum Gasteiger partial charge on any atom is 0.220 e. The average Bonchev–Trinajstić information content (AvgIpc) is 2.44. The molecule has 2 aromatic carbocycles. The molecule has 0 bridgehead atoms. The Morgan fingerprint density at radius 1 is 1.15 bits per heavy atom. The van der Waals surface area contributed by atoms with Gasteiger partial charge in [0.1, 0.15) is 5.82 Å². The van der Waals surface area contributed by atoms with Crippen LogP contribution in [0.1, 0.15) is 17.5 Å². The zero-order valence-electron chi connectivity index (χ0n) is 10.9. The van der Waals surface area contributed by atoms with Crippen molar-refractivity contribution in [2.24, 2.45) is 0 Å². The molecule has 104 valence electrons. The van der Waals surface area contributed by atoms with Gasteiger partial charge in [-0.05, 0) is 30.2 Å². The van der Waals surface area contributed by atoms with E-state index in [4.69, 9.17) is 11.6 Å². The number of carbonyl (C=O) groups is 1. The van der Waals surface area contributed by atoms with Gasteiger partial charge in [-0.2, -0.15) is 0 Å². The number of benzene rings is 2. The Morgan fingerprint density at radius 2 is 1.95 bits per heavy atom. The zero-order chi connectivity index (χ0) is 14.4. The molecule has 0 saturated carbocycles. The van der Waals surface area contributed by atoms with Crippen molar-refractivity contribution in [2.75, 3.05) is 0 Å². The van der Waals surface area contributed by atoms with Crippen molar-refractivity contribution in [1.29, 1.82) is 0 Å². The number of hydrogen-bond donors (Lipinski definition) is 1. The molecule has 0 unspecified atom stereocenters. The first-order chi connectivity index (χ1) is 9.65. The highest BCUT2D eigenvalue weighted by Crippen LogP contribution is 2.12. The Balaban J connectivity index is 1.80. The summed E-state index contributed by atoms with van der Waals surface area (Å²) >= 11 is 5.88. The fourth-order valence-corrected chi connectivity index (χ4v) is 2.09. The molecule has 0 aromatic heterocycles. The molecule has 0 aliphatic carbocycles. The minimum absolute atomic E-state index is 0.103. The van der Waals surface area contributed by atoms with Crippen molar-refractivity contribution in [1.82, 2.24) is 5.32 Å². The minimum Gasteiger partial charge on any atom is -0.352 e. The predicted octanol–water partition coefficient (Wildman–Crippen LogP) is 3.73. The predicted molar refractivity (Wildman–Crippen MR) is 78.0 cm³/mol. The third-order valence-corrected chi connectivity index (χ3v) is 3.20. The van der Waals surface area contributed by atoms with Crippen LogP contribution in [0, 0.1) is 5.82 Å². The number of halogens is 2. The summed E-state index contributed by atoms with van der Waals surface area (Å²) in [5.41, 5.74) is 1.50. The molecule has 4 heteroatoms. The Morgan fingerprint density at radius 3 is 2.70 bits per heavy atom. The summed E-state index contributed by atoms with van der Waals surface area (Å²) in [7, 11) is 0. The number of hydrogen-bond acceptors (Lipinski definition) is 1. The largest absolute Gasteiger partial charge is 0.352 e. The van der Waals surface area contributed by atoms with Crippen LogP contribution in [0.25, 0.3) is 0 Å². The minimum atomic E-state index is -0.303. The van der Waals surface area contributed by atoms with Gasteiger partial charge in [-0.25, -0.2) is 4.39 Å². The normalized spacial score (nSPS) is 10.3. The number of rotatable bonds is 5. The average molecular weight is 292 g/mol. The van der Waals surface area contributed by atoms with E-state index in [-0.39, 0.29) is 18.3 Å². The van der Waals surface area contributed by atoms with E-state index in [0.29, 0.717) is 23.4 Å². The summed E-state index contributed by atoms with van der Waals surface area (Å²) < 4.78 is 13.4. The molecule has 1 N–H and O–H groups in total. The molecule has 2 rings (SSSR count). The van der Waals surface area contributed by atoms with E-state index in [2.05, 4.69) is 5.32 Å². The second-order valence-electron chi connectivity index (χ2n) is 4.50. The lowest BCUT2D eigenvalue weighted by molar-refractivity contribution is -0.121. The SMILES string of the molecule is O=C(CCc1cccc(Cl)c1)NCc1ccccc1F. The standard InChI is InChI=1S/C16H15ClFNO/c17-14-6-3-4-12(10-14)8-9-16(20)19-11-13-5-1-2-7-15(13)18/h1-7,10H,8-9,11H2,(H,19,20). The maximum absolute atomic E-state index is 13.4. The molecular formula is C16H15ClFNO. The number of aryl methyl sites for hydroxylation is 1. The van der Waals surface area contributed by atoms with E-state index >= 15 is 0 Å². The van der Waals surface area contributed by atoms with Gasteiger partial charge in [-0.1, -0.05) is 41.9 Å². The molecule has 1 amide bonds. The summed E-state index contributed by atoms with van der Waals surface area (Å²) in [5.74, 6) is -0.407. The van der Waals surface area contributed by atoms with E-state index in [0.717, 1.165) is 5.56 Å². The second-order valence-corrected chi connectivity index (χ2v) is 4.93. The van der Waals surface area contributed by atoms with Gasteiger partial charge in [0.2, 0.25) is 5.91 Å². The Labute approximate surface area is 122 Å². The van der Waals surface area contributed by atoms with Gasteiger partial charge in [0.25, 0.3) is 0 Å². The quantitative estimate of drug-likeness (QED) is 0.893. The second kappa shape index (κ2) is 7.06. The molecule has 0 aliphatic rings. The van der Waals surface area contributed by atoms with Crippen molar-refractivity contribution < 1.29 is 9.18 Å². The van der Waals surface area contributed by atoms with Gasteiger partial charge in [-0.3, -0.25) is 4.79 Å².